The maximum Gasteiger partial charge on any atom is 0.142 e. The molecule has 228 valence electrons. The second-order valence-electron chi connectivity index (χ2n) is 11.5. The number of hydrogen-bond acceptors (Lipinski definition) is 9. The van der Waals surface area contributed by atoms with Gasteiger partial charge in [0.1, 0.15) is 34.8 Å². The summed E-state index contributed by atoms with van der Waals surface area (Å²) in [5, 5.41) is 28.8. The average Bonchev–Trinajstić information content (AvgIpc) is 3.69. The average molecular weight is 607 g/mol. The minimum atomic E-state index is -0.472. The second kappa shape index (κ2) is 13.0. The first-order valence-electron chi connectivity index (χ1n) is 14.7. The molecule has 43 heavy (non-hydrogen) atoms. The van der Waals surface area contributed by atoms with Gasteiger partial charge in [-0.2, -0.15) is 5.26 Å². The van der Waals surface area contributed by atoms with Crippen LogP contribution in [0.1, 0.15) is 60.9 Å². The molecule has 1 aromatic heterocycles. The lowest BCUT2D eigenvalue weighted by Gasteiger charge is -2.25. The van der Waals surface area contributed by atoms with Crippen LogP contribution in [-0.4, -0.2) is 61.0 Å². The Morgan fingerprint density at radius 2 is 2.14 bits per heavy atom. The Balaban J connectivity index is 1.67. The number of fused-ring (bicyclic) bond motifs is 2. The molecule has 11 heteroatoms. The summed E-state index contributed by atoms with van der Waals surface area (Å²) < 4.78 is 21.1. The fraction of sp³-hybridized carbons (Fsp3) is 0.469. The van der Waals surface area contributed by atoms with Crippen LogP contribution in [0.4, 0.5) is 9.39 Å². The van der Waals surface area contributed by atoms with Crippen LogP contribution in [0.2, 0.25) is 0 Å². The van der Waals surface area contributed by atoms with Crippen molar-refractivity contribution in [3.8, 4) is 22.9 Å². The van der Waals surface area contributed by atoms with Gasteiger partial charge in [0.2, 0.25) is 0 Å². The summed E-state index contributed by atoms with van der Waals surface area (Å²) >= 11 is 1.02. The molecule has 3 unspecified atom stereocenters. The highest BCUT2D eigenvalue weighted by atomic mass is 32.1. The first-order valence-corrected chi connectivity index (χ1v) is 15.5. The lowest BCUT2D eigenvalue weighted by Crippen LogP contribution is -2.39. The van der Waals surface area contributed by atoms with Gasteiger partial charge >= 0.3 is 0 Å². The molecular formula is C32H39FN6O3S. The number of aldehydes is 1. The molecule has 0 spiro atoms. The van der Waals surface area contributed by atoms with E-state index in [1.165, 1.54) is 6.07 Å². The normalized spacial score (nSPS) is 19.5. The maximum absolute atomic E-state index is 14.9. The van der Waals surface area contributed by atoms with Gasteiger partial charge in [-0.15, -0.1) is 11.3 Å². The fourth-order valence-corrected chi connectivity index (χ4v) is 7.20. The van der Waals surface area contributed by atoms with Crippen LogP contribution >= 0.6 is 11.3 Å². The SMILES string of the molecule is CNCCCC(C=O)N/C(=N/CN1CCC(C)C1C)c1c(C)c(O)c(-c2ccc(F)c3sc(N)c(C#N)c23)c2c1COC2. The van der Waals surface area contributed by atoms with Crippen molar-refractivity contribution < 1.29 is 19.0 Å². The molecule has 0 saturated carbocycles. The molecular weight excluding hydrogens is 567 g/mol. The molecule has 2 aliphatic rings. The van der Waals surface area contributed by atoms with Gasteiger partial charge in [-0.1, -0.05) is 13.0 Å². The van der Waals surface area contributed by atoms with E-state index in [9.17, 15) is 19.6 Å². The summed E-state index contributed by atoms with van der Waals surface area (Å²) in [6, 6.07) is 4.96. The first-order chi connectivity index (χ1) is 20.7. The van der Waals surface area contributed by atoms with Crippen molar-refractivity contribution in [2.75, 3.05) is 32.5 Å². The molecule has 0 amide bonds. The second-order valence-corrected chi connectivity index (χ2v) is 12.6. The van der Waals surface area contributed by atoms with E-state index < -0.39 is 11.9 Å². The van der Waals surface area contributed by atoms with E-state index in [0.717, 1.165) is 54.7 Å². The third-order valence-electron chi connectivity index (χ3n) is 8.97. The zero-order chi connectivity index (χ0) is 30.8. The Morgan fingerprint density at radius 3 is 2.81 bits per heavy atom. The predicted molar refractivity (Wildman–Crippen MR) is 169 cm³/mol. The number of nitrogen functional groups attached to an aromatic ring is 1. The third-order valence-corrected chi connectivity index (χ3v) is 10.0. The summed E-state index contributed by atoms with van der Waals surface area (Å²) in [5.74, 6) is 0.628. The highest BCUT2D eigenvalue weighted by Gasteiger charge is 2.32. The summed E-state index contributed by atoms with van der Waals surface area (Å²) in [6.07, 6.45) is 3.43. The van der Waals surface area contributed by atoms with E-state index >= 15 is 0 Å². The third kappa shape index (κ3) is 5.72. The summed E-state index contributed by atoms with van der Waals surface area (Å²) in [5.41, 5.74) is 10.2. The minimum Gasteiger partial charge on any atom is -0.507 e. The topological polar surface area (TPSA) is 136 Å². The number of carbonyl (C=O) groups is 1. The number of halogens is 1. The van der Waals surface area contributed by atoms with Crippen LogP contribution < -0.4 is 16.4 Å². The van der Waals surface area contributed by atoms with Crippen molar-refractivity contribution in [1.29, 1.82) is 5.26 Å². The van der Waals surface area contributed by atoms with Crippen LogP contribution in [0, 0.1) is 30.0 Å². The number of phenolic OH excluding ortho intramolecular Hbond substituents is 1. The highest BCUT2D eigenvalue weighted by molar-refractivity contribution is 7.23. The van der Waals surface area contributed by atoms with Crippen LogP contribution in [0.15, 0.2) is 17.1 Å². The Hall–Kier alpha value is -3.56. The number of ether oxygens (including phenoxy) is 1. The van der Waals surface area contributed by atoms with Crippen molar-refractivity contribution in [1.82, 2.24) is 15.5 Å². The zero-order valence-electron chi connectivity index (χ0n) is 25.1. The largest absolute Gasteiger partial charge is 0.507 e. The first kappa shape index (κ1) is 30.9. The summed E-state index contributed by atoms with van der Waals surface area (Å²) in [7, 11) is 1.88. The molecule has 1 fully saturated rings. The van der Waals surface area contributed by atoms with Gasteiger partial charge in [0.15, 0.2) is 0 Å². The number of nitrogens with one attached hydrogen (secondary N) is 2. The number of aromatic hydroxyl groups is 1. The van der Waals surface area contributed by atoms with E-state index in [2.05, 4.69) is 35.5 Å². The molecule has 1 saturated heterocycles. The number of rotatable bonds is 10. The lowest BCUT2D eigenvalue weighted by molar-refractivity contribution is -0.109. The fourth-order valence-electron chi connectivity index (χ4n) is 6.25. The van der Waals surface area contributed by atoms with Crippen molar-refractivity contribution in [2.45, 2.75) is 65.3 Å². The van der Waals surface area contributed by atoms with Gasteiger partial charge < -0.3 is 31.0 Å². The molecule has 3 aromatic rings. The van der Waals surface area contributed by atoms with Crippen molar-refractivity contribution >= 4 is 38.5 Å². The lowest BCUT2D eigenvalue weighted by atomic mass is 9.86. The summed E-state index contributed by atoms with van der Waals surface area (Å²) in [6.45, 7) is 8.94. The number of likely N-dealkylation sites (tertiary alicyclic amines) is 1. The van der Waals surface area contributed by atoms with E-state index in [1.807, 2.05) is 14.0 Å². The zero-order valence-corrected chi connectivity index (χ0v) is 25.9. The Labute approximate surface area is 255 Å². The number of hydrogen-bond donors (Lipinski definition) is 4. The molecule has 0 radical (unpaired) electrons. The Morgan fingerprint density at radius 1 is 1.37 bits per heavy atom. The summed E-state index contributed by atoms with van der Waals surface area (Å²) in [4.78, 5) is 19.5. The highest BCUT2D eigenvalue weighted by Crippen LogP contribution is 2.48. The molecule has 0 aliphatic carbocycles. The van der Waals surface area contributed by atoms with Gasteiger partial charge in [-0.05, 0) is 75.4 Å². The quantitative estimate of drug-likeness (QED) is 0.112. The molecule has 9 nitrogen and oxygen atoms in total. The van der Waals surface area contributed by atoms with Gasteiger partial charge in [0.05, 0.1) is 36.2 Å². The number of anilines is 1. The molecule has 0 bridgehead atoms. The molecule has 5 N–H and O–H groups in total. The van der Waals surface area contributed by atoms with Gasteiger partial charge in [0, 0.05) is 34.7 Å². The number of aliphatic imine (C=N–C) groups is 1. The maximum atomic E-state index is 14.9. The number of thiophene rings is 1. The smallest absolute Gasteiger partial charge is 0.142 e. The van der Waals surface area contributed by atoms with Crippen LogP contribution in [0.25, 0.3) is 21.2 Å². The van der Waals surface area contributed by atoms with E-state index in [4.69, 9.17) is 15.5 Å². The van der Waals surface area contributed by atoms with Gasteiger partial charge in [0.25, 0.3) is 0 Å². The number of benzene rings is 2. The number of nitriles is 1. The van der Waals surface area contributed by atoms with Crippen molar-refractivity contribution in [3.05, 3.63) is 45.8 Å². The van der Waals surface area contributed by atoms with Crippen molar-refractivity contribution in [3.63, 3.8) is 0 Å². The number of nitrogens with two attached hydrogens (primary N) is 1. The minimum absolute atomic E-state index is 0.00341. The molecule has 2 aromatic carbocycles. The van der Waals surface area contributed by atoms with E-state index in [0.29, 0.717) is 58.5 Å². The number of phenols is 1. The molecule has 2 aliphatic heterocycles. The standard InChI is InChI=1S/C32H39FN6O3S/c1-17-9-11-39(19(17)3)16-37-32(38-20(13-40)6-5-10-36-4)26-18(2)29(41)27(24-15-42-14-23(24)26)21-7-8-25(33)30-28(21)22(12-34)31(35)43-30/h7-8,13,17,19-20,36,41H,5-6,9-11,14-16,35H2,1-4H3,(H,37,38). The van der Waals surface area contributed by atoms with E-state index in [-0.39, 0.29) is 34.2 Å². The Kier molecular flexibility index (Phi) is 9.32. The number of nitrogens with zero attached hydrogens (tertiary/aromatic N) is 3. The monoisotopic (exact) mass is 606 g/mol. The number of carbonyl (C=O) groups excluding carboxylic acids is 1. The molecule has 3 heterocycles. The Bertz CT molecular complexity index is 1610. The number of amidine groups is 1. The van der Waals surface area contributed by atoms with E-state index in [1.54, 1.807) is 6.07 Å². The predicted octanol–water partition coefficient (Wildman–Crippen LogP) is 4.80. The van der Waals surface area contributed by atoms with Crippen molar-refractivity contribution in [2.24, 2.45) is 10.9 Å². The van der Waals surface area contributed by atoms with Crippen LogP contribution in [0.5, 0.6) is 5.75 Å². The van der Waals surface area contributed by atoms with Crippen LogP contribution in [-0.2, 0) is 22.7 Å². The van der Waals surface area contributed by atoms with Crippen LogP contribution in [0.3, 0.4) is 0 Å². The van der Waals surface area contributed by atoms with Gasteiger partial charge in [-0.25, -0.2) is 4.39 Å². The molecule has 3 atom stereocenters. The van der Waals surface area contributed by atoms with Gasteiger partial charge in [-0.3, -0.25) is 9.89 Å². The molecule has 5 rings (SSSR count).